The van der Waals surface area contributed by atoms with Crippen LogP contribution in [-0.2, 0) is 0 Å². The van der Waals surface area contributed by atoms with Gasteiger partial charge in [0, 0.05) is 5.92 Å². The molecular weight excluding hydrogens is 388 g/mol. The maximum Gasteiger partial charge on any atom is 0.0212 e. The molecule has 0 unspecified atom stereocenters. The number of fused-ring (bicyclic) bond motifs is 2. The van der Waals surface area contributed by atoms with E-state index in [1.54, 1.807) is 0 Å². The van der Waals surface area contributed by atoms with E-state index < -0.39 is 0 Å². The molecule has 0 heterocycles. The van der Waals surface area contributed by atoms with Gasteiger partial charge in [0.05, 0.1) is 0 Å². The van der Waals surface area contributed by atoms with E-state index in [-0.39, 0.29) is 0 Å². The molecule has 0 bridgehead atoms. The smallest absolute Gasteiger partial charge is 0.0212 e. The molecule has 146 valence electrons. The van der Waals surface area contributed by atoms with E-state index >= 15 is 0 Å². The summed E-state index contributed by atoms with van der Waals surface area (Å²) in [5.41, 5.74) is 8.09. The Balaban J connectivity index is 1.89. The summed E-state index contributed by atoms with van der Waals surface area (Å²) in [6, 6.07) is 30.6. The minimum atomic E-state index is 0.319. The lowest BCUT2D eigenvalue weighted by molar-refractivity contribution is 1.09. The molecule has 0 saturated carbocycles. The molecule has 1 heteroatoms. The average Bonchev–Trinajstić information content (AvgIpc) is 3.48. The van der Waals surface area contributed by atoms with Gasteiger partial charge in [-0.15, -0.1) is 0 Å². The van der Waals surface area contributed by atoms with Crippen molar-refractivity contribution < 1.29 is 0 Å². The Kier molecular flexibility index (Phi) is 4.29. The first-order valence-corrected chi connectivity index (χ1v) is 11.5. The molecular formula is C30H22Si. The maximum absolute atomic E-state index is 2.40. The summed E-state index contributed by atoms with van der Waals surface area (Å²) in [7, 11) is 2.04. The van der Waals surface area contributed by atoms with Crippen molar-refractivity contribution in [3.63, 3.8) is 0 Å². The Morgan fingerprint density at radius 3 is 1.87 bits per heavy atom. The highest BCUT2D eigenvalue weighted by molar-refractivity contribution is 6.06. The Morgan fingerprint density at radius 1 is 0.613 bits per heavy atom. The molecule has 0 nitrogen and oxygen atoms in total. The van der Waals surface area contributed by atoms with Crippen LogP contribution in [0.2, 0.25) is 0 Å². The van der Waals surface area contributed by atoms with Gasteiger partial charge in [-0.2, -0.15) is 0 Å². The number of hydrogen-bond donors (Lipinski definition) is 0. The molecule has 6 rings (SSSR count). The van der Waals surface area contributed by atoms with Crippen LogP contribution in [0.15, 0.2) is 109 Å². The fourth-order valence-corrected chi connectivity index (χ4v) is 5.91. The minimum Gasteiger partial charge on any atom is -0.0732 e. The third-order valence-corrected chi connectivity index (χ3v) is 7.16. The summed E-state index contributed by atoms with van der Waals surface area (Å²) in [6.45, 7) is 0. The zero-order chi connectivity index (χ0) is 20.8. The van der Waals surface area contributed by atoms with E-state index in [0.717, 1.165) is 0 Å². The van der Waals surface area contributed by atoms with Gasteiger partial charge in [0.1, 0.15) is 0 Å². The van der Waals surface area contributed by atoms with Crippen LogP contribution in [0.1, 0.15) is 17.0 Å². The monoisotopic (exact) mass is 410 g/mol. The number of hydrogen-bond acceptors (Lipinski definition) is 0. The quantitative estimate of drug-likeness (QED) is 0.342. The van der Waals surface area contributed by atoms with Gasteiger partial charge in [-0.1, -0.05) is 109 Å². The predicted molar refractivity (Wildman–Crippen MR) is 133 cm³/mol. The van der Waals surface area contributed by atoms with E-state index in [0.29, 0.717) is 5.92 Å². The topological polar surface area (TPSA) is 0 Å². The van der Waals surface area contributed by atoms with Crippen molar-refractivity contribution in [3.8, 4) is 22.3 Å². The molecule has 2 aliphatic rings. The lowest BCUT2D eigenvalue weighted by Gasteiger charge is -2.20. The number of allylic oxidation sites excluding steroid dienone is 4. The van der Waals surface area contributed by atoms with Gasteiger partial charge in [-0.25, -0.2) is 0 Å². The van der Waals surface area contributed by atoms with E-state index in [2.05, 4.69) is 115 Å². The van der Waals surface area contributed by atoms with Gasteiger partial charge in [-0.3, -0.25) is 0 Å². The zero-order valence-corrected chi connectivity index (χ0v) is 18.7. The zero-order valence-electron chi connectivity index (χ0n) is 17.3. The molecule has 0 radical (unpaired) electrons. The van der Waals surface area contributed by atoms with Gasteiger partial charge in [-0.05, 0) is 69.8 Å². The Morgan fingerprint density at radius 2 is 1.19 bits per heavy atom. The molecule has 0 saturated heterocycles. The second-order valence-corrected chi connectivity index (χ2v) is 8.90. The van der Waals surface area contributed by atoms with Crippen LogP contribution in [0.3, 0.4) is 0 Å². The Bertz CT molecular complexity index is 1560. The molecule has 0 atom stereocenters. The normalized spacial score (nSPS) is 13.8. The molecule has 0 N–H and O–H groups in total. The lowest BCUT2D eigenvalue weighted by Crippen LogP contribution is -2.02. The summed E-state index contributed by atoms with van der Waals surface area (Å²) in [5.74, 6) is 0.319. The van der Waals surface area contributed by atoms with Crippen LogP contribution >= 0.6 is 0 Å². The molecule has 0 spiro atoms. The molecule has 0 fully saturated rings. The van der Waals surface area contributed by atoms with Gasteiger partial charge >= 0.3 is 0 Å². The van der Waals surface area contributed by atoms with Crippen molar-refractivity contribution in [2.75, 3.05) is 0 Å². The van der Waals surface area contributed by atoms with E-state index in [1.165, 1.54) is 53.9 Å². The Labute approximate surface area is 184 Å². The average molecular weight is 411 g/mol. The first-order valence-electron chi connectivity index (χ1n) is 10.8. The van der Waals surface area contributed by atoms with Crippen molar-refractivity contribution >= 4 is 15.9 Å². The van der Waals surface area contributed by atoms with Gasteiger partial charge < -0.3 is 0 Å². The van der Waals surface area contributed by atoms with Crippen molar-refractivity contribution in [1.29, 1.82) is 0 Å². The minimum absolute atomic E-state index is 0.319. The van der Waals surface area contributed by atoms with Crippen LogP contribution in [0.4, 0.5) is 0 Å². The van der Waals surface area contributed by atoms with Crippen molar-refractivity contribution in [2.24, 2.45) is 0 Å². The first-order chi connectivity index (χ1) is 15.3. The SMILES string of the molecule is [SiH2]=c1c(-c2ccccc2)c(-c2ccccc2)c2c(c1C1C=CC=C1)C=c1ccccc1=2. The molecule has 4 aromatic rings. The van der Waals surface area contributed by atoms with Crippen LogP contribution in [0.25, 0.3) is 28.3 Å². The molecule has 0 aromatic heterocycles. The summed E-state index contributed by atoms with van der Waals surface area (Å²) in [4.78, 5) is 1.40. The van der Waals surface area contributed by atoms with Crippen molar-refractivity contribution in [2.45, 2.75) is 5.92 Å². The Hall–Kier alpha value is -3.55. The van der Waals surface area contributed by atoms with E-state index in [4.69, 9.17) is 0 Å². The first kappa shape index (κ1) is 18.2. The second-order valence-electron chi connectivity index (χ2n) is 8.19. The van der Waals surface area contributed by atoms with Crippen LogP contribution in [0, 0.1) is 15.3 Å². The third-order valence-electron chi connectivity index (χ3n) is 6.42. The summed E-state index contributed by atoms with van der Waals surface area (Å²) in [6.07, 6.45) is 11.4. The largest absolute Gasteiger partial charge is 0.0732 e. The summed E-state index contributed by atoms with van der Waals surface area (Å²) >= 11 is 0. The van der Waals surface area contributed by atoms with Crippen LogP contribution in [0.5, 0.6) is 0 Å². The fraction of sp³-hybridized carbons (Fsp3) is 0.0333. The highest BCUT2D eigenvalue weighted by atomic mass is 28.1. The molecule has 31 heavy (non-hydrogen) atoms. The van der Waals surface area contributed by atoms with Crippen molar-refractivity contribution in [3.05, 3.63) is 141 Å². The maximum atomic E-state index is 2.40. The van der Waals surface area contributed by atoms with Gasteiger partial charge in [0.15, 0.2) is 0 Å². The molecule has 0 amide bonds. The fourth-order valence-electron chi connectivity index (χ4n) is 5.10. The predicted octanol–water partition coefficient (Wildman–Crippen LogP) is 5.54. The number of rotatable bonds is 3. The van der Waals surface area contributed by atoms with E-state index in [1.807, 2.05) is 9.85 Å². The molecule has 4 aromatic carbocycles. The number of benzene rings is 4. The second kappa shape index (κ2) is 7.30. The van der Waals surface area contributed by atoms with Crippen molar-refractivity contribution in [1.82, 2.24) is 0 Å². The summed E-state index contributed by atoms with van der Waals surface area (Å²) in [5, 5.41) is 4.03. The molecule has 0 aliphatic heterocycles. The van der Waals surface area contributed by atoms with E-state index in [9.17, 15) is 0 Å². The summed E-state index contributed by atoms with van der Waals surface area (Å²) < 4.78 is 0. The lowest BCUT2D eigenvalue weighted by atomic mass is 9.84. The third kappa shape index (κ3) is 2.85. The van der Waals surface area contributed by atoms with Crippen LogP contribution < -0.4 is 5.22 Å². The highest BCUT2D eigenvalue weighted by Crippen LogP contribution is 2.41. The highest BCUT2D eigenvalue weighted by Gasteiger charge is 2.23. The molecule has 2 aliphatic carbocycles. The van der Waals surface area contributed by atoms with Gasteiger partial charge in [0.2, 0.25) is 0 Å². The van der Waals surface area contributed by atoms with Crippen LogP contribution in [-0.4, -0.2) is 9.85 Å². The van der Waals surface area contributed by atoms with Gasteiger partial charge in [0.25, 0.3) is 0 Å². The standard InChI is InChI=1S/C30H22Si/c31-30-26(20-15-7-8-16-20)25-19-23-17-9-10-18-24(23)29(25)27(21-11-3-1-4-12-21)28(30)22-13-5-2-6-14-22/h1-20H,31H2.